The lowest BCUT2D eigenvalue weighted by atomic mass is 10.2. The molecule has 0 aliphatic rings. The molecule has 1 rings (SSSR count). The molecule has 0 amide bonds. The van der Waals surface area contributed by atoms with Crippen LogP contribution in [0.2, 0.25) is 0 Å². The van der Waals surface area contributed by atoms with E-state index in [9.17, 15) is 13.2 Å². The summed E-state index contributed by atoms with van der Waals surface area (Å²) in [6.07, 6.45) is 1.59. The number of rotatable bonds is 2. The topological polar surface area (TPSA) is 12.9 Å². The zero-order chi connectivity index (χ0) is 10.6. The summed E-state index contributed by atoms with van der Waals surface area (Å²) in [5.41, 5.74) is -0.272. The minimum Gasteiger partial charge on any atom is -0.251 e. The Kier molecular flexibility index (Phi) is 3.06. The summed E-state index contributed by atoms with van der Waals surface area (Å²) in [5, 5.41) is 0. The molecule has 0 bridgehead atoms. The number of aromatic nitrogens is 1. The lowest BCUT2D eigenvalue weighted by Crippen LogP contribution is -2.07. The number of alkyl halides is 3. The van der Waals surface area contributed by atoms with E-state index in [0.717, 1.165) is 6.07 Å². The highest BCUT2D eigenvalue weighted by molar-refractivity contribution is 5.49. The van der Waals surface area contributed by atoms with Crippen LogP contribution in [-0.2, 0) is 6.18 Å². The van der Waals surface area contributed by atoms with Crippen molar-refractivity contribution < 1.29 is 13.2 Å². The van der Waals surface area contributed by atoms with Crippen molar-refractivity contribution in [2.24, 2.45) is 0 Å². The summed E-state index contributed by atoms with van der Waals surface area (Å²) in [6.45, 7) is 3.45. The van der Waals surface area contributed by atoms with Gasteiger partial charge in [-0.2, -0.15) is 13.2 Å². The molecule has 0 fully saturated rings. The van der Waals surface area contributed by atoms with Gasteiger partial charge in [0.15, 0.2) is 0 Å². The van der Waals surface area contributed by atoms with Gasteiger partial charge in [-0.15, -0.1) is 0 Å². The molecule has 0 aromatic carbocycles. The molecular weight excluding hydrogens is 191 g/mol. The van der Waals surface area contributed by atoms with Crippen molar-refractivity contribution in [2.75, 3.05) is 0 Å². The molecule has 0 aliphatic carbocycles. The van der Waals surface area contributed by atoms with Crippen LogP contribution in [0, 0.1) is 0 Å². The first-order valence-corrected chi connectivity index (χ1v) is 3.86. The van der Waals surface area contributed by atoms with E-state index in [-0.39, 0.29) is 0 Å². The number of hydrogen-bond acceptors (Lipinski definition) is 1. The van der Waals surface area contributed by atoms with Crippen molar-refractivity contribution in [3.8, 4) is 0 Å². The third-order valence-electron chi connectivity index (χ3n) is 1.50. The molecule has 0 atom stereocenters. The normalized spacial score (nSPS) is 11.9. The van der Waals surface area contributed by atoms with Crippen molar-refractivity contribution in [3.63, 3.8) is 0 Å². The second kappa shape index (κ2) is 4.09. The predicted octanol–water partition coefficient (Wildman–Crippen LogP) is 3.30. The molecule has 0 saturated carbocycles. The second-order valence-corrected chi connectivity index (χ2v) is 2.57. The van der Waals surface area contributed by atoms with Gasteiger partial charge in [0, 0.05) is 6.20 Å². The zero-order valence-corrected chi connectivity index (χ0v) is 7.25. The van der Waals surface area contributed by atoms with E-state index in [1.54, 1.807) is 12.2 Å². The molecule has 1 heterocycles. The molecule has 0 aliphatic heterocycles. The molecular formula is C10H8F3N. The summed E-state index contributed by atoms with van der Waals surface area (Å²) in [6, 6.07) is 2.30. The Morgan fingerprint density at radius 2 is 2.00 bits per heavy atom. The fourth-order valence-electron chi connectivity index (χ4n) is 0.851. The van der Waals surface area contributed by atoms with E-state index in [4.69, 9.17) is 0 Å². The van der Waals surface area contributed by atoms with Crippen molar-refractivity contribution in [3.05, 3.63) is 48.3 Å². The van der Waals surface area contributed by atoms with Gasteiger partial charge in [-0.25, -0.2) is 0 Å². The largest absolute Gasteiger partial charge is 0.433 e. The predicted molar refractivity (Wildman–Crippen MR) is 48.5 cm³/mol. The smallest absolute Gasteiger partial charge is 0.251 e. The van der Waals surface area contributed by atoms with E-state index >= 15 is 0 Å². The lowest BCUT2D eigenvalue weighted by molar-refractivity contribution is -0.141. The molecule has 74 valence electrons. The van der Waals surface area contributed by atoms with Gasteiger partial charge in [-0.3, -0.25) is 4.98 Å². The standard InChI is InChI=1S/C10H8F3N/c1-2-3-4-8-5-6-9(14-7-8)10(11,12)13/h2-7H,1H2/b4-3-. The van der Waals surface area contributed by atoms with E-state index in [1.165, 1.54) is 18.3 Å². The number of halogens is 3. The highest BCUT2D eigenvalue weighted by Crippen LogP contribution is 2.27. The average molecular weight is 199 g/mol. The van der Waals surface area contributed by atoms with Gasteiger partial charge >= 0.3 is 6.18 Å². The molecule has 1 aromatic heterocycles. The molecule has 0 radical (unpaired) electrons. The maximum Gasteiger partial charge on any atom is 0.433 e. The minimum absolute atomic E-state index is 0.609. The molecule has 0 saturated heterocycles. The first-order chi connectivity index (χ1) is 6.54. The Labute approximate surface area is 79.6 Å². The van der Waals surface area contributed by atoms with Crippen LogP contribution in [0.5, 0.6) is 0 Å². The summed E-state index contributed by atoms with van der Waals surface area (Å²) >= 11 is 0. The quantitative estimate of drug-likeness (QED) is 0.666. The zero-order valence-electron chi connectivity index (χ0n) is 7.25. The highest BCUT2D eigenvalue weighted by Gasteiger charge is 2.31. The van der Waals surface area contributed by atoms with Crippen LogP contribution in [-0.4, -0.2) is 4.98 Å². The minimum atomic E-state index is -4.37. The van der Waals surface area contributed by atoms with Crippen LogP contribution in [0.15, 0.2) is 37.1 Å². The van der Waals surface area contributed by atoms with Gasteiger partial charge in [-0.05, 0) is 11.6 Å². The van der Waals surface area contributed by atoms with Crippen LogP contribution in [0.4, 0.5) is 13.2 Å². The van der Waals surface area contributed by atoms with Crippen molar-refractivity contribution in [2.45, 2.75) is 6.18 Å². The third kappa shape index (κ3) is 2.73. The van der Waals surface area contributed by atoms with E-state index in [1.807, 2.05) is 0 Å². The number of pyridine rings is 1. The fraction of sp³-hybridized carbons (Fsp3) is 0.100. The first kappa shape index (κ1) is 10.5. The molecule has 0 N–H and O–H groups in total. The maximum absolute atomic E-state index is 12.1. The molecule has 1 aromatic rings. The fourth-order valence-corrected chi connectivity index (χ4v) is 0.851. The van der Waals surface area contributed by atoms with Gasteiger partial charge in [0.2, 0.25) is 0 Å². The van der Waals surface area contributed by atoms with Gasteiger partial charge in [0.1, 0.15) is 5.69 Å². The van der Waals surface area contributed by atoms with E-state index in [2.05, 4.69) is 11.6 Å². The number of hydrogen-bond donors (Lipinski definition) is 0. The monoisotopic (exact) mass is 199 g/mol. The van der Waals surface area contributed by atoms with Crippen LogP contribution >= 0.6 is 0 Å². The van der Waals surface area contributed by atoms with Crippen LogP contribution < -0.4 is 0 Å². The number of allylic oxidation sites excluding steroid dienone is 2. The van der Waals surface area contributed by atoms with Crippen LogP contribution in [0.25, 0.3) is 6.08 Å². The Balaban J connectivity index is 2.89. The molecule has 0 spiro atoms. The average Bonchev–Trinajstić information content (AvgIpc) is 2.14. The number of nitrogens with zero attached hydrogens (tertiary/aromatic N) is 1. The summed E-state index contributed by atoms with van der Waals surface area (Å²) < 4.78 is 36.2. The summed E-state index contributed by atoms with van der Waals surface area (Å²) in [7, 11) is 0. The first-order valence-electron chi connectivity index (χ1n) is 3.86. The van der Waals surface area contributed by atoms with Crippen molar-refractivity contribution in [1.29, 1.82) is 0 Å². The Bertz CT molecular complexity index is 335. The Morgan fingerprint density at radius 1 is 1.29 bits per heavy atom. The van der Waals surface area contributed by atoms with E-state index in [0.29, 0.717) is 5.56 Å². The van der Waals surface area contributed by atoms with Crippen molar-refractivity contribution in [1.82, 2.24) is 4.98 Å². The molecule has 1 nitrogen and oxygen atoms in total. The van der Waals surface area contributed by atoms with Crippen molar-refractivity contribution >= 4 is 6.08 Å². The second-order valence-electron chi connectivity index (χ2n) is 2.57. The van der Waals surface area contributed by atoms with Gasteiger partial charge in [-0.1, -0.05) is 30.9 Å². The molecule has 14 heavy (non-hydrogen) atoms. The van der Waals surface area contributed by atoms with Crippen LogP contribution in [0.3, 0.4) is 0 Å². The SMILES string of the molecule is C=C/C=C\c1ccc(C(F)(F)F)nc1. The lowest BCUT2D eigenvalue weighted by Gasteiger charge is -2.04. The maximum atomic E-state index is 12.1. The molecule has 0 unspecified atom stereocenters. The van der Waals surface area contributed by atoms with Gasteiger partial charge in [0.25, 0.3) is 0 Å². The Morgan fingerprint density at radius 3 is 2.43 bits per heavy atom. The highest BCUT2D eigenvalue weighted by atomic mass is 19.4. The van der Waals surface area contributed by atoms with Gasteiger partial charge in [0.05, 0.1) is 0 Å². The summed E-state index contributed by atoms with van der Waals surface area (Å²) in [4.78, 5) is 3.29. The summed E-state index contributed by atoms with van der Waals surface area (Å²) in [5.74, 6) is 0. The Hall–Kier alpha value is -1.58. The third-order valence-corrected chi connectivity index (χ3v) is 1.50. The van der Waals surface area contributed by atoms with E-state index < -0.39 is 11.9 Å². The van der Waals surface area contributed by atoms with Crippen LogP contribution in [0.1, 0.15) is 11.3 Å². The van der Waals surface area contributed by atoms with Gasteiger partial charge < -0.3 is 0 Å². The molecule has 4 heteroatoms.